The van der Waals surface area contributed by atoms with Crippen molar-refractivity contribution in [2.24, 2.45) is 0 Å². The molecule has 1 N–H and O–H groups in total. The quantitative estimate of drug-likeness (QED) is 0.895. The molecule has 0 saturated heterocycles. The Morgan fingerprint density at radius 1 is 1.00 bits per heavy atom. The standard InChI is InChI=1S/C19H22N2OS/c1-19(2,3)20-13-12-18(22)21-14-8-4-6-10-16(14)23-17-11-7-5-9-15(17)21/h4-11,20H,12-13H2,1-3H3. The van der Waals surface area contributed by atoms with Gasteiger partial charge in [-0.2, -0.15) is 0 Å². The number of nitrogens with one attached hydrogen (secondary N) is 1. The number of rotatable bonds is 3. The van der Waals surface area contributed by atoms with Gasteiger partial charge in [0.15, 0.2) is 0 Å². The van der Waals surface area contributed by atoms with Gasteiger partial charge < -0.3 is 5.32 Å². The molecule has 3 nitrogen and oxygen atoms in total. The highest BCUT2D eigenvalue weighted by Crippen LogP contribution is 2.47. The van der Waals surface area contributed by atoms with Crippen LogP contribution in [0.3, 0.4) is 0 Å². The van der Waals surface area contributed by atoms with E-state index in [9.17, 15) is 4.79 Å². The number of anilines is 2. The molecule has 1 aliphatic rings. The molecule has 0 saturated carbocycles. The van der Waals surface area contributed by atoms with E-state index >= 15 is 0 Å². The van der Waals surface area contributed by atoms with Crippen molar-refractivity contribution in [1.82, 2.24) is 5.32 Å². The van der Waals surface area contributed by atoms with E-state index in [0.717, 1.165) is 21.2 Å². The van der Waals surface area contributed by atoms with Crippen LogP contribution in [-0.2, 0) is 4.79 Å². The third-order valence-corrected chi connectivity index (χ3v) is 4.81. The summed E-state index contributed by atoms with van der Waals surface area (Å²) in [7, 11) is 0. The molecular formula is C19H22N2OS. The van der Waals surface area contributed by atoms with Crippen molar-refractivity contribution in [3.8, 4) is 0 Å². The average Bonchev–Trinajstić information content (AvgIpc) is 2.51. The van der Waals surface area contributed by atoms with Crippen LogP contribution in [0.2, 0.25) is 0 Å². The normalized spacial score (nSPS) is 13.4. The van der Waals surface area contributed by atoms with Crippen molar-refractivity contribution >= 4 is 29.0 Å². The zero-order valence-corrected chi connectivity index (χ0v) is 14.6. The summed E-state index contributed by atoms with van der Waals surface area (Å²) < 4.78 is 0. The predicted molar refractivity (Wildman–Crippen MR) is 96.5 cm³/mol. The molecule has 3 rings (SSSR count). The molecule has 0 aliphatic carbocycles. The maximum Gasteiger partial charge on any atom is 0.232 e. The van der Waals surface area contributed by atoms with Crippen LogP contribution in [0.15, 0.2) is 58.3 Å². The second-order valence-electron chi connectivity index (χ2n) is 6.69. The fraction of sp³-hybridized carbons (Fsp3) is 0.316. The smallest absolute Gasteiger partial charge is 0.232 e. The minimum absolute atomic E-state index is 0.0217. The maximum atomic E-state index is 12.9. The lowest BCUT2D eigenvalue weighted by Crippen LogP contribution is -2.39. The first-order chi connectivity index (χ1) is 11.0. The number of fused-ring (bicyclic) bond motifs is 2. The highest BCUT2D eigenvalue weighted by molar-refractivity contribution is 7.99. The Bertz CT molecular complexity index is 676. The van der Waals surface area contributed by atoms with Crippen molar-refractivity contribution in [3.05, 3.63) is 48.5 Å². The number of carbonyl (C=O) groups excluding carboxylic acids is 1. The molecule has 0 bridgehead atoms. The SMILES string of the molecule is CC(C)(C)NCCC(=O)N1c2ccccc2Sc2ccccc21. The molecule has 1 amide bonds. The topological polar surface area (TPSA) is 32.3 Å². The molecule has 0 radical (unpaired) electrons. The van der Waals surface area contributed by atoms with Crippen LogP contribution in [0.4, 0.5) is 11.4 Å². The van der Waals surface area contributed by atoms with E-state index in [2.05, 4.69) is 38.2 Å². The summed E-state index contributed by atoms with van der Waals surface area (Å²) in [6.45, 7) is 7.01. The lowest BCUT2D eigenvalue weighted by Gasteiger charge is -2.31. The number of hydrogen-bond acceptors (Lipinski definition) is 3. The van der Waals surface area contributed by atoms with Crippen LogP contribution < -0.4 is 10.2 Å². The molecule has 1 aliphatic heterocycles. The summed E-state index contributed by atoms with van der Waals surface area (Å²) in [4.78, 5) is 17.0. The maximum absolute atomic E-state index is 12.9. The summed E-state index contributed by atoms with van der Waals surface area (Å²) in [5.74, 6) is 0.127. The Morgan fingerprint density at radius 3 is 2.04 bits per heavy atom. The van der Waals surface area contributed by atoms with Gasteiger partial charge in [0.1, 0.15) is 0 Å². The van der Waals surface area contributed by atoms with Gasteiger partial charge in [0, 0.05) is 28.3 Å². The minimum atomic E-state index is 0.0217. The molecule has 1 heterocycles. The predicted octanol–water partition coefficient (Wildman–Crippen LogP) is 4.59. The highest BCUT2D eigenvalue weighted by Gasteiger charge is 2.27. The van der Waals surface area contributed by atoms with Crippen LogP contribution in [0.25, 0.3) is 0 Å². The first-order valence-corrected chi connectivity index (χ1v) is 8.71. The van der Waals surface area contributed by atoms with E-state index in [-0.39, 0.29) is 11.4 Å². The first kappa shape index (κ1) is 16.1. The number of nitrogens with zero attached hydrogens (tertiary/aromatic N) is 1. The van der Waals surface area contributed by atoms with Crippen molar-refractivity contribution < 1.29 is 4.79 Å². The first-order valence-electron chi connectivity index (χ1n) is 7.90. The Hall–Kier alpha value is -1.78. The number of carbonyl (C=O) groups is 1. The van der Waals surface area contributed by atoms with E-state index in [1.807, 2.05) is 41.3 Å². The highest BCUT2D eigenvalue weighted by atomic mass is 32.2. The second-order valence-corrected chi connectivity index (χ2v) is 7.78. The number of para-hydroxylation sites is 2. The van der Waals surface area contributed by atoms with E-state index in [1.165, 1.54) is 0 Å². The van der Waals surface area contributed by atoms with Crippen molar-refractivity contribution in [1.29, 1.82) is 0 Å². The lowest BCUT2D eigenvalue weighted by molar-refractivity contribution is -0.117. The third kappa shape index (κ3) is 3.59. The molecule has 0 unspecified atom stereocenters. The summed E-state index contributed by atoms with van der Waals surface area (Å²) >= 11 is 1.72. The summed E-state index contributed by atoms with van der Waals surface area (Å²) in [6, 6.07) is 16.2. The zero-order chi connectivity index (χ0) is 16.4. The Kier molecular flexibility index (Phi) is 4.46. The molecule has 4 heteroatoms. The number of benzene rings is 2. The zero-order valence-electron chi connectivity index (χ0n) is 13.8. The third-order valence-electron chi connectivity index (χ3n) is 3.68. The Balaban J connectivity index is 1.87. The van der Waals surface area contributed by atoms with Crippen LogP contribution >= 0.6 is 11.8 Å². The average molecular weight is 326 g/mol. The summed E-state index contributed by atoms with van der Waals surface area (Å²) in [5.41, 5.74) is 1.99. The van der Waals surface area contributed by atoms with Gasteiger partial charge in [-0.3, -0.25) is 9.69 Å². The monoisotopic (exact) mass is 326 g/mol. The largest absolute Gasteiger partial charge is 0.312 e. The van der Waals surface area contributed by atoms with Crippen molar-refractivity contribution in [2.75, 3.05) is 11.4 Å². The number of amides is 1. The van der Waals surface area contributed by atoms with E-state index in [0.29, 0.717) is 13.0 Å². The second kappa shape index (κ2) is 6.38. The van der Waals surface area contributed by atoms with Crippen LogP contribution in [-0.4, -0.2) is 18.0 Å². The molecule has 0 aromatic heterocycles. The molecule has 2 aromatic rings. The van der Waals surface area contributed by atoms with Gasteiger partial charge in [-0.05, 0) is 45.0 Å². The molecule has 23 heavy (non-hydrogen) atoms. The van der Waals surface area contributed by atoms with Gasteiger partial charge in [0.25, 0.3) is 0 Å². The van der Waals surface area contributed by atoms with Gasteiger partial charge >= 0.3 is 0 Å². The van der Waals surface area contributed by atoms with E-state index in [1.54, 1.807) is 11.8 Å². The van der Waals surface area contributed by atoms with Crippen LogP contribution in [0.5, 0.6) is 0 Å². The fourth-order valence-electron chi connectivity index (χ4n) is 2.63. The number of hydrogen-bond donors (Lipinski definition) is 1. The van der Waals surface area contributed by atoms with E-state index < -0.39 is 0 Å². The van der Waals surface area contributed by atoms with Crippen molar-refractivity contribution in [3.63, 3.8) is 0 Å². The molecule has 0 fully saturated rings. The lowest BCUT2D eigenvalue weighted by atomic mass is 10.1. The molecule has 0 atom stereocenters. The molecule has 0 spiro atoms. The van der Waals surface area contributed by atoms with Gasteiger partial charge in [0.2, 0.25) is 5.91 Å². The van der Waals surface area contributed by atoms with E-state index in [4.69, 9.17) is 0 Å². The van der Waals surface area contributed by atoms with Gasteiger partial charge in [0.05, 0.1) is 11.4 Å². The van der Waals surface area contributed by atoms with Gasteiger partial charge in [-0.15, -0.1) is 0 Å². The fourth-order valence-corrected chi connectivity index (χ4v) is 3.69. The van der Waals surface area contributed by atoms with Crippen molar-refractivity contribution in [2.45, 2.75) is 42.5 Å². The summed E-state index contributed by atoms with van der Waals surface area (Å²) in [5, 5.41) is 3.39. The molecule has 2 aromatic carbocycles. The van der Waals surface area contributed by atoms with Gasteiger partial charge in [-0.25, -0.2) is 0 Å². The minimum Gasteiger partial charge on any atom is -0.312 e. The Labute approximate surface area is 142 Å². The molecule has 120 valence electrons. The summed E-state index contributed by atoms with van der Waals surface area (Å²) in [6.07, 6.45) is 0.477. The Morgan fingerprint density at radius 2 is 1.52 bits per heavy atom. The van der Waals surface area contributed by atoms with Gasteiger partial charge in [-0.1, -0.05) is 36.0 Å². The van der Waals surface area contributed by atoms with Crippen LogP contribution in [0, 0.1) is 0 Å². The molecular weight excluding hydrogens is 304 g/mol. The van der Waals surface area contributed by atoms with Crippen LogP contribution in [0.1, 0.15) is 27.2 Å².